The Morgan fingerprint density at radius 1 is 1.04 bits per heavy atom. The van der Waals surface area contributed by atoms with Crippen molar-refractivity contribution in [1.29, 1.82) is 0 Å². The monoisotopic (exact) mass is 415 g/mol. The highest BCUT2D eigenvalue weighted by Crippen LogP contribution is 2.43. The summed E-state index contributed by atoms with van der Waals surface area (Å²) in [5, 5.41) is 0. The molecule has 1 fully saturated rings. The second-order valence-electron chi connectivity index (χ2n) is 4.35. The van der Waals surface area contributed by atoms with Gasteiger partial charge in [0, 0.05) is 11.5 Å². The molecule has 1 aliphatic rings. The number of rotatable bonds is 6. The number of aryl methyl sites for hydroxylation is 1. The lowest BCUT2D eigenvalue weighted by atomic mass is 10.1. The summed E-state index contributed by atoms with van der Waals surface area (Å²) >= 11 is 2.86. The van der Waals surface area contributed by atoms with E-state index in [0.717, 1.165) is 11.5 Å². The van der Waals surface area contributed by atoms with E-state index in [-0.39, 0.29) is 17.7 Å². The van der Waals surface area contributed by atoms with Gasteiger partial charge in [-0.3, -0.25) is 9.11 Å². The molecule has 0 unspecified atom stereocenters. The van der Waals surface area contributed by atoms with Crippen LogP contribution in [0.3, 0.4) is 0 Å². The van der Waals surface area contributed by atoms with Crippen LogP contribution in [0.1, 0.15) is 12.5 Å². The molecule has 13 heteroatoms. The predicted octanol–water partition coefficient (Wildman–Crippen LogP) is 2.08. The van der Waals surface area contributed by atoms with Crippen molar-refractivity contribution in [2.45, 2.75) is 13.3 Å². The van der Waals surface area contributed by atoms with E-state index in [0.29, 0.717) is 4.38 Å². The summed E-state index contributed by atoms with van der Waals surface area (Å²) in [5.41, 5.74) is 0.183. The van der Waals surface area contributed by atoms with Crippen LogP contribution in [0, 0.1) is 0 Å². The van der Waals surface area contributed by atoms with Crippen molar-refractivity contribution in [2.75, 3.05) is 11.5 Å². The van der Waals surface area contributed by atoms with E-state index in [9.17, 15) is 16.8 Å². The molecule has 134 valence electrons. The average molecular weight is 415 g/mol. The van der Waals surface area contributed by atoms with Gasteiger partial charge >= 0.3 is 20.8 Å². The van der Waals surface area contributed by atoms with Crippen molar-refractivity contribution in [3.05, 3.63) is 17.7 Å². The lowest BCUT2D eigenvalue weighted by Crippen LogP contribution is -2.13. The molecule has 1 aromatic rings. The first-order valence-electron chi connectivity index (χ1n) is 6.43. The maximum absolute atomic E-state index is 11.1. The smallest absolute Gasteiger partial charge is 0.357 e. The third kappa shape index (κ3) is 5.53. The second-order valence-corrected chi connectivity index (χ2v) is 8.82. The van der Waals surface area contributed by atoms with Gasteiger partial charge in [-0.15, -0.1) is 0 Å². The Labute approximate surface area is 147 Å². The standard InChI is InChI=1S/C11H13NO8S4/c1-2-7-3-4-8(12-11-21-5-6-22-11)10(20-24(16,17)18)9(7)19-23(13,14)15/h3-4H,2,5-6H2,1H3,(H,13,14,15)(H,16,17,18). The number of nitrogens with zero attached hydrogens (tertiary/aromatic N) is 1. The Hall–Kier alpha value is -0.990. The van der Waals surface area contributed by atoms with Crippen LogP contribution in [-0.4, -0.2) is 41.8 Å². The highest BCUT2D eigenvalue weighted by molar-refractivity contribution is 8.41. The van der Waals surface area contributed by atoms with Crippen molar-refractivity contribution in [1.82, 2.24) is 0 Å². The zero-order valence-corrected chi connectivity index (χ0v) is 15.5. The number of hydrogen-bond acceptors (Lipinski definition) is 9. The van der Waals surface area contributed by atoms with Crippen LogP contribution in [0.15, 0.2) is 17.1 Å². The van der Waals surface area contributed by atoms with Crippen molar-refractivity contribution in [3.63, 3.8) is 0 Å². The molecule has 0 radical (unpaired) electrons. The highest BCUT2D eigenvalue weighted by atomic mass is 32.3. The molecule has 0 aliphatic carbocycles. The number of benzene rings is 1. The fourth-order valence-corrected chi connectivity index (χ4v) is 4.74. The molecule has 24 heavy (non-hydrogen) atoms. The molecule has 9 nitrogen and oxygen atoms in total. The zero-order valence-electron chi connectivity index (χ0n) is 12.2. The van der Waals surface area contributed by atoms with Crippen molar-refractivity contribution in [3.8, 4) is 11.5 Å². The maximum atomic E-state index is 11.1. The third-order valence-corrected chi connectivity index (χ3v) is 5.89. The number of thioether (sulfide) groups is 2. The van der Waals surface area contributed by atoms with E-state index >= 15 is 0 Å². The molecule has 0 aromatic heterocycles. The second kappa shape index (κ2) is 7.49. The first-order chi connectivity index (χ1) is 11.1. The Balaban J connectivity index is 2.65. The average Bonchev–Trinajstić information content (AvgIpc) is 2.92. The molecular weight excluding hydrogens is 402 g/mol. The van der Waals surface area contributed by atoms with E-state index < -0.39 is 32.3 Å². The van der Waals surface area contributed by atoms with Crippen LogP contribution in [0.4, 0.5) is 5.69 Å². The van der Waals surface area contributed by atoms with Gasteiger partial charge in [0.2, 0.25) is 5.75 Å². The molecule has 0 amide bonds. The Morgan fingerprint density at radius 3 is 2.08 bits per heavy atom. The van der Waals surface area contributed by atoms with Crippen LogP contribution >= 0.6 is 23.5 Å². The minimum Gasteiger partial charge on any atom is -0.357 e. The zero-order chi connectivity index (χ0) is 18.0. The van der Waals surface area contributed by atoms with E-state index in [1.54, 1.807) is 6.92 Å². The molecule has 1 saturated heterocycles. The van der Waals surface area contributed by atoms with Crippen LogP contribution in [0.25, 0.3) is 0 Å². The molecular formula is C11H13NO8S4. The van der Waals surface area contributed by atoms with Gasteiger partial charge in [0.1, 0.15) is 10.1 Å². The molecule has 0 saturated carbocycles. The molecule has 2 rings (SSSR count). The van der Waals surface area contributed by atoms with E-state index in [2.05, 4.69) is 13.4 Å². The van der Waals surface area contributed by atoms with E-state index in [4.69, 9.17) is 9.11 Å². The molecule has 1 aromatic carbocycles. The number of aliphatic imine (C=N–C) groups is 1. The van der Waals surface area contributed by atoms with Crippen LogP contribution < -0.4 is 8.37 Å². The molecule has 1 heterocycles. The summed E-state index contributed by atoms with van der Waals surface area (Å²) in [5.74, 6) is 0.473. The van der Waals surface area contributed by atoms with E-state index in [1.807, 2.05) is 0 Å². The largest absolute Gasteiger partial charge is 0.446 e. The fraction of sp³-hybridized carbons (Fsp3) is 0.364. The van der Waals surface area contributed by atoms with Crippen LogP contribution in [0.5, 0.6) is 11.5 Å². The predicted molar refractivity (Wildman–Crippen MR) is 92.2 cm³/mol. The van der Waals surface area contributed by atoms with Gasteiger partial charge in [-0.1, -0.05) is 36.5 Å². The van der Waals surface area contributed by atoms with Crippen LogP contribution in [-0.2, 0) is 27.2 Å². The summed E-state index contributed by atoms with van der Waals surface area (Å²) < 4.78 is 71.8. The Morgan fingerprint density at radius 2 is 1.58 bits per heavy atom. The van der Waals surface area contributed by atoms with Gasteiger partial charge in [-0.25, -0.2) is 4.99 Å². The summed E-state index contributed by atoms with van der Waals surface area (Å²) in [7, 11) is -9.92. The van der Waals surface area contributed by atoms with Crippen molar-refractivity contribution in [2.24, 2.45) is 4.99 Å². The minimum absolute atomic E-state index is 0.0552. The maximum Gasteiger partial charge on any atom is 0.446 e. The Bertz CT molecular complexity index is 854. The molecule has 1 aliphatic heterocycles. The van der Waals surface area contributed by atoms with Crippen molar-refractivity contribution < 1.29 is 34.3 Å². The molecule has 0 bridgehead atoms. The summed E-state index contributed by atoms with van der Waals surface area (Å²) in [6.45, 7) is 1.65. The fourth-order valence-electron chi connectivity index (χ4n) is 1.80. The van der Waals surface area contributed by atoms with Crippen LogP contribution in [0.2, 0.25) is 0 Å². The quantitative estimate of drug-likeness (QED) is 0.664. The summed E-state index contributed by atoms with van der Waals surface area (Å²) in [6, 6.07) is 2.86. The lowest BCUT2D eigenvalue weighted by Gasteiger charge is -2.14. The summed E-state index contributed by atoms with van der Waals surface area (Å²) in [6.07, 6.45) is 0.243. The Kier molecular flexibility index (Phi) is 6.04. The third-order valence-electron chi connectivity index (χ3n) is 2.68. The highest BCUT2D eigenvalue weighted by Gasteiger charge is 2.25. The first-order valence-corrected chi connectivity index (χ1v) is 11.1. The molecule has 0 atom stereocenters. The normalized spacial score (nSPS) is 15.4. The van der Waals surface area contributed by atoms with Gasteiger partial charge in [0.25, 0.3) is 0 Å². The van der Waals surface area contributed by atoms with Gasteiger partial charge in [-0.05, 0) is 18.1 Å². The van der Waals surface area contributed by atoms with Crippen molar-refractivity contribution >= 4 is 54.4 Å². The first kappa shape index (κ1) is 19.3. The van der Waals surface area contributed by atoms with E-state index in [1.165, 1.54) is 35.7 Å². The van der Waals surface area contributed by atoms with Gasteiger partial charge in [0.05, 0.1) is 0 Å². The summed E-state index contributed by atoms with van der Waals surface area (Å²) in [4.78, 5) is 4.19. The molecule has 2 N–H and O–H groups in total. The van der Waals surface area contributed by atoms with Gasteiger partial charge in [-0.2, -0.15) is 16.8 Å². The number of hydrogen-bond donors (Lipinski definition) is 2. The molecule has 0 spiro atoms. The topological polar surface area (TPSA) is 140 Å². The van der Waals surface area contributed by atoms with Gasteiger partial charge < -0.3 is 8.37 Å². The SMILES string of the molecule is CCc1ccc(N=C2SCCS2)c(OS(=O)(=O)O)c1OS(=O)(=O)O. The lowest BCUT2D eigenvalue weighted by molar-refractivity contribution is 0.360. The minimum atomic E-state index is -4.98. The van der Waals surface area contributed by atoms with Gasteiger partial charge in [0.15, 0.2) is 5.75 Å².